The molecule has 0 aliphatic carbocycles. The van der Waals surface area contributed by atoms with Gasteiger partial charge in [0.05, 0.1) is 0 Å². The fourth-order valence-electron chi connectivity index (χ4n) is 1.16. The Hall–Kier alpha value is -0.570. The molecule has 0 unspecified atom stereocenters. The normalized spacial score (nSPS) is 11.7. The molecule has 0 aliphatic rings. The molecule has 0 heterocycles. The van der Waals surface area contributed by atoms with E-state index in [1.807, 2.05) is 38.1 Å². The minimum Gasteiger partial charge on any atom is -0.324 e. The molecule has 0 bridgehead atoms. The topological polar surface area (TPSA) is 38.0 Å². The lowest BCUT2D eigenvalue weighted by Gasteiger charge is -2.19. The number of nitrogens with one attached hydrogen (secondary N) is 1. The highest BCUT2D eigenvalue weighted by Gasteiger charge is 2.09. The molecule has 3 N–H and O–H groups in total. The maximum absolute atomic E-state index is 6.00. The summed E-state index contributed by atoms with van der Waals surface area (Å²) >= 11 is 6.00. The van der Waals surface area contributed by atoms with Gasteiger partial charge >= 0.3 is 0 Å². The molecule has 0 amide bonds. The molecule has 0 fully saturated rings. The molecule has 0 radical (unpaired) electrons. The van der Waals surface area contributed by atoms with Crippen LogP contribution in [0.1, 0.15) is 19.4 Å². The molecule has 3 heteroatoms. The van der Waals surface area contributed by atoms with Crippen molar-refractivity contribution in [2.24, 2.45) is 5.73 Å². The molecule has 2 nitrogen and oxygen atoms in total. The summed E-state index contributed by atoms with van der Waals surface area (Å²) in [4.78, 5) is 0. The third kappa shape index (κ3) is 4.09. The molecule has 78 valence electrons. The number of benzene rings is 1. The summed E-state index contributed by atoms with van der Waals surface area (Å²) < 4.78 is 0. The van der Waals surface area contributed by atoms with Gasteiger partial charge in [-0.3, -0.25) is 0 Å². The third-order valence-corrected chi connectivity index (χ3v) is 2.22. The van der Waals surface area contributed by atoms with Crippen molar-refractivity contribution in [3.63, 3.8) is 0 Å². The smallest absolute Gasteiger partial charge is 0.0450 e. The van der Waals surface area contributed by atoms with Crippen molar-refractivity contribution in [3.8, 4) is 0 Å². The predicted octanol–water partition coefficient (Wildman–Crippen LogP) is 2.17. The highest BCUT2D eigenvalue weighted by Crippen LogP contribution is 2.14. The van der Waals surface area contributed by atoms with Crippen molar-refractivity contribution >= 4 is 11.6 Å². The SMILES string of the molecule is CC(C)(N)CNCc1ccccc1Cl. The lowest BCUT2D eigenvalue weighted by atomic mass is 10.1. The van der Waals surface area contributed by atoms with E-state index in [1.165, 1.54) is 0 Å². The van der Waals surface area contributed by atoms with E-state index >= 15 is 0 Å². The lowest BCUT2D eigenvalue weighted by molar-refractivity contribution is 0.466. The maximum atomic E-state index is 6.00. The number of halogens is 1. The van der Waals surface area contributed by atoms with E-state index in [1.54, 1.807) is 0 Å². The first-order valence-electron chi connectivity index (χ1n) is 4.72. The first-order chi connectivity index (χ1) is 6.49. The number of hydrogen-bond donors (Lipinski definition) is 2. The molecule has 0 saturated heterocycles. The second kappa shape index (κ2) is 4.78. The van der Waals surface area contributed by atoms with Crippen LogP contribution in [0, 0.1) is 0 Å². The van der Waals surface area contributed by atoms with Crippen molar-refractivity contribution in [2.45, 2.75) is 25.9 Å². The quantitative estimate of drug-likeness (QED) is 0.803. The van der Waals surface area contributed by atoms with E-state index in [9.17, 15) is 0 Å². The summed E-state index contributed by atoms with van der Waals surface area (Å²) in [5.41, 5.74) is 6.77. The van der Waals surface area contributed by atoms with Gasteiger partial charge in [-0.2, -0.15) is 0 Å². The standard InChI is InChI=1S/C11H17ClN2/c1-11(2,13)8-14-7-9-5-3-4-6-10(9)12/h3-6,14H,7-8,13H2,1-2H3. The molecule has 0 spiro atoms. The first-order valence-corrected chi connectivity index (χ1v) is 5.10. The van der Waals surface area contributed by atoms with E-state index in [-0.39, 0.29) is 5.54 Å². The molecule has 14 heavy (non-hydrogen) atoms. The predicted molar refractivity (Wildman–Crippen MR) is 61.4 cm³/mol. The summed E-state index contributed by atoms with van der Waals surface area (Å²) in [6, 6.07) is 7.82. The summed E-state index contributed by atoms with van der Waals surface area (Å²) in [6.07, 6.45) is 0. The Morgan fingerprint density at radius 3 is 2.57 bits per heavy atom. The zero-order valence-corrected chi connectivity index (χ0v) is 9.43. The maximum Gasteiger partial charge on any atom is 0.0450 e. The fraction of sp³-hybridized carbons (Fsp3) is 0.455. The zero-order chi connectivity index (χ0) is 10.6. The van der Waals surface area contributed by atoms with Crippen LogP contribution < -0.4 is 11.1 Å². The molecule has 0 saturated carbocycles. The molecule has 0 atom stereocenters. The van der Waals surface area contributed by atoms with Gasteiger partial charge in [-0.1, -0.05) is 29.8 Å². The third-order valence-electron chi connectivity index (χ3n) is 1.85. The van der Waals surface area contributed by atoms with Crippen molar-refractivity contribution in [2.75, 3.05) is 6.54 Å². The monoisotopic (exact) mass is 212 g/mol. The van der Waals surface area contributed by atoms with Gasteiger partial charge in [0.25, 0.3) is 0 Å². The van der Waals surface area contributed by atoms with Gasteiger partial charge in [0.15, 0.2) is 0 Å². The number of rotatable bonds is 4. The zero-order valence-electron chi connectivity index (χ0n) is 8.68. The largest absolute Gasteiger partial charge is 0.324 e. The van der Waals surface area contributed by atoms with E-state index in [4.69, 9.17) is 17.3 Å². The first kappa shape index (κ1) is 11.5. The second-order valence-electron chi connectivity index (χ2n) is 4.18. The van der Waals surface area contributed by atoms with Gasteiger partial charge in [0, 0.05) is 23.7 Å². The fourth-order valence-corrected chi connectivity index (χ4v) is 1.36. The van der Waals surface area contributed by atoms with Crippen LogP contribution in [-0.2, 0) is 6.54 Å². The van der Waals surface area contributed by atoms with E-state index in [0.29, 0.717) is 0 Å². The van der Waals surface area contributed by atoms with Crippen LogP contribution in [-0.4, -0.2) is 12.1 Å². The van der Waals surface area contributed by atoms with E-state index < -0.39 is 0 Å². The average molecular weight is 213 g/mol. The van der Waals surface area contributed by atoms with Crippen LogP contribution in [0.15, 0.2) is 24.3 Å². The molecule has 1 aromatic carbocycles. The molecular formula is C11H17ClN2. The van der Waals surface area contributed by atoms with Gasteiger partial charge in [0.1, 0.15) is 0 Å². The van der Waals surface area contributed by atoms with Crippen LogP contribution in [0.4, 0.5) is 0 Å². The average Bonchev–Trinajstić information content (AvgIpc) is 2.06. The van der Waals surface area contributed by atoms with Crippen molar-refractivity contribution in [1.82, 2.24) is 5.32 Å². The van der Waals surface area contributed by atoms with Gasteiger partial charge in [0.2, 0.25) is 0 Å². The molecule has 1 rings (SSSR count). The van der Waals surface area contributed by atoms with Gasteiger partial charge in [-0.05, 0) is 25.5 Å². The van der Waals surface area contributed by atoms with Crippen molar-refractivity contribution < 1.29 is 0 Å². The Balaban J connectivity index is 2.43. The Kier molecular flexibility index (Phi) is 3.93. The summed E-state index contributed by atoms with van der Waals surface area (Å²) in [5, 5.41) is 4.07. The van der Waals surface area contributed by atoms with Crippen molar-refractivity contribution in [3.05, 3.63) is 34.9 Å². The molecule has 1 aromatic rings. The van der Waals surface area contributed by atoms with Crippen LogP contribution in [0.5, 0.6) is 0 Å². The minimum absolute atomic E-state index is 0.179. The van der Waals surface area contributed by atoms with Gasteiger partial charge in [-0.25, -0.2) is 0 Å². The Morgan fingerprint density at radius 1 is 1.36 bits per heavy atom. The Labute approximate surface area is 90.4 Å². The molecule has 0 aliphatic heterocycles. The Bertz CT molecular complexity index is 292. The van der Waals surface area contributed by atoms with Gasteiger partial charge < -0.3 is 11.1 Å². The van der Waals surface area contributed by atoms with Crippen LogP contribution in [0.25, 0.3) is 0 Å². The molecule has 0 aromatic heterocycles. The number of hydrogen-bond acceptors (Lipinski definition) is 2. The van der Waals surface area contributed by atoms with Crippen LogP contribution in [0.3, 0.4) is 0 Å². The minimum atomic E-state index is -0.179. The summed E-state index contributed by atoms with van der Waals surface area (Å²) in [7, 11) is 0. The number of nitrogens with two attached hydrogens (primary N) is 1. The van der Waals surface area contributed by atoms with E-state index in [2.05, 4.69) is 5.32 Å². The highest BCUT2D eigenvalue weighted by molar-refractivity contribution is 6.31. The van der Waals surface area contributed by atoms with Crippen LogP contribution in [0.2, 0.25) is 5.02 Å². The van der Waals surface area contributed by atoms with Crippen molar-refractivity contribution in [1.29, 1.82) is 0 Å². The summed E-state index contributed by atoms with van der Waals surface area (Å²) in [6.45, 7) is 5.53. The van der Waals surface area contributed by atoms with Crippen LogP contribution >= 0.6 is 11.6 Å². The van der Waals surface area contributed by atoms with E-state index in [0.717, 1.165) is 23.7 Å². The molecular weight excluding hydrogens is 196 g/mol. The Morgan fingerprint density at radius 2 is 2.00 bits per heavy atom. The van der Waals surface area contributed by atoms with Gasteiger partial charge in [-0.15, -0.1) is 0 Å². The second-order valence-corrected chi connectivity index (χ2v) is 4.59. The summed E-state index contributed by atoms with van der Waals surface area (Å²) in [5.74, 6) is 0. The highest BCUT2D eigenvalue weighted by atomic mass is 35.5. The lowest BCUT2D eigenvalue weighted by Crippen LogP contribution is -2.42.